The first-order valence-corrected chi connectivity index (χ1v) is 8.16. The third-order valence-electron chi connectivity index (χ3n) is 4.10. The minimum Gasteiger partial charge on any atom is -0.352 e. The van der Waals surface area contributed by atoms with E-state index in [0.717, 1.165) is 16.8 Å². The molecule has 0 aliphatic heterocycles. The van der Waals surface area contributed by atoms with Crippen molar-refractivity contribution in [1.82, 2.24) is 10.3 Å². The van der Waals surface area contributed by atoms with E-state index in [9.17, 15) is 9.59 Å². The molecule has 124 valence electrons. The Bertz CT molecular complexity index is 764. The number of hydrogen-bond donors (Lipinski definition) is 2. The monoisotopic (exact) mass is 343 g/mol. The van der Waals surface area contributed by atoms with Gasteiger partial charge >= 0.3 is 0 Å². The van der Waals surface area contributed by atoms with Gasteiger partial charge in [0.1, 0.15) is 0 Å². The summed E-state index contributed by atoms with van der Waals surface area (Å²) < 4.78 is 0. The quantitative estimate of drug-likeness (QED) is 0.876. The Kier molecular flexibility index (Phi) is 4.81. The number of pyridine rings is 1. The highest BCUT2D eigenvalue weighted by atomic mass is 35.5. The van der Waals surface area contributed by atoms with Crippen molar-refractivity contribution < 1.29 is 9.59 Å². The first kappa shape index (κ1) is 16.5. The van der Waals surface area contributed by atoms with Gasteiger partial charge in [0.2, 0.25) is 11.8 Å². The van der Waals surface area contributed by atoms with Crippen molar-refractivity contribution in [3.05, 3.63) is 58.9 Å². The smallest absolute Gasteiger partial charge is 0.228 e. The molecule has 1 aliphatic rings. The van der Waals surface area contributed by atoms with E-state index in [1.54, 1.807) is 30.6 Å². The van der Waals surface area contributed by atoms with Gasteiger partial charge in [0.05, 0.1) is 11.8 Å². The zero-order valence-corrected chi connectivity index (χ0v) is 14.0. The van der Waals surface area contributed by atoms with Crippen LogP contribution in [0.3, 0.4) is 0 Å². The van der Waals surface area contributed by atoms with Crippen LogP contribution in [-0.2, 0) is 16.1 Å². The predicted molar refractivity (Wildman–Crippen MR) is 92.5 cm³/mol. The SMILES string of the molecule is Cc1cc(Cl)ccc1NC(=O)C1CC1C(=O)NCc1cccnc1. The molecule has 0 bridgehead atoms. The van der Waals surface area contributed by atoms with Gasteiger partial charge in [0.15, 0.2) is 0 Å². The van der Waals surface area contributed by atoms with Crippen LogP contribution >= 0.6 is 11.6 Å². The number of aryl methyl sites for hydroxylation is 1. The van der Waals surface area contributed by atoms with Crippen LogP contribution < -0.4 is 10.6 Å². The predicted octanol–water partition coefficient (Wildman–Crippen LogP) is 2.93. The van der Waals surface area contributed by atoms with Crippen molar-refractivity contribution in [3.8, 4) is 0 Å². The molecule has 2 N–H and O–H groups in total. The molecule has 1 aromatic heterocycles. The minimum absolute atomic E-state index is 0.0909. The van der Waals surface area contributed by atoms with E-state index in [1.807, 2.05) is 19.1 Å². The average molecular weight is 344 g/mol. The molecule has 0 saturated heterocycles. The summed E-state index contributed by atoms with van der Waals surface area (Å²) in [4.78, 5) is 28.4. The molecule has 1 saturated carbocycles. The number of anilines is 1. The van der Waals surface area contributed by atoms with E-state index in [0.29, 0.717) is 18.0 Å². The number of hydrogen-bond acceptors (Lipinski definition) is 3. The fourth-order valence-corrected chi connectivity index (χ4v) is 2.82. The summed E-state index contributed by atoms with van der Waals surface area (Å²) in [7, 11) is 0. The zero-order valence-electron chi connectivity index (χ0n) is 13.3. The van der Waals surface area contributed by atoms with Crippen molar-refractivity contribution in [2.24, 2.45) is 11.8 Å². The number of nitrogens with zero attached hydrogens (tertiary/aromatic N) is 1. The van der Waals surface area contributed by atoms with Crippen LogP contribution in [0.1, 0.15) is 17.5 Å². The Morgan fingerprint density at radius 3 is 2.75 bits per heavy atom. The van der Waals surface area contributed by atoms with E-state index in [-0.39, 0.29) is 23.7 Å². The summed E-state index contributed by atoms with van der Waals surface area (Å²) in [6.45, 7) is 2.31. The van der Waals surface area contributed by atoms with Gasteiger partial charge in [-0.3, -0.25) is 14.6 Å². The number of carbonyl (C=O) groups excluding carboxylic acids is 2. The van der Waals surface area contributed by atoms with Crippen molar-refractivity contribution in [2.45, 2.75) is 19.9 Å². The van der Waals surface area contributed by atoms with E-state index in [2.05, 4.69) is 15.6 Å². The number of nitrogens with one attached hydrogen (secondary N) is 2. The van der Waals surface area contributed by atoms with Crippen molar-refractivity contribution >= 4 is 29.1 Å². The lowest BCUT2D eigenvalue weighted by atomic mass is 10.2. The third kappa shape index (κ3) is 3.92. The van der Waals surface area contributed by atoms with Crippen LogP contribution in [0.15, 0.2) is 42.7 Å². The highest BCUT2D eigenvalue weighted by molar-refractivity contribution is 6.30. The maximum atomic E-state index is 12.3. The van der Waals surface area contributed by atoms with Crippen LogP contribution in [0.25, 0.3) is 0 Å². The molecule has 1 fully saturated rings. The van der Waals surface area contributed by atoms with Crippen LogP contribution in [0.4, 0.5) is 5.69 Å². The Morgan fingerprint density at radius 2 is 2.04 bits per heavy atom. The van der Waals surface area contributed by atoms with E-state index in [4.69, 9.17) is 11.6 Å². The number of amides is 2. The Balaban J connectivity index is 1.51. The molecule has 0 spiro atoms. The minimum atomic E-state index is -0.269. The van der Waals surface area contributed by atoms with E-state index in [1.165, 1.54) is 0 Å². The maximum absolute atomic E-state index is 12.3. The van der Waals surface area contributed by atoms with Crippen molar-refractivity contribution in [1.29, 1.82) is 0 Å². The summed E-state index contributed by atoms with van der Waals surface area (Å²) >= 11 is 5.91. The number of benzene rings is 1. The first-order chi connectivity index (χ1) is 11.5. The highest BCUT2D eigenvalue weighted by Crippen LogP contribution is 2.39. The van der Waals surface area contributed by atoms with Crippen molar-refractivity contribution in [3.63, 3.8) is 0 Å². The van der Waals surface area contributed by atoms with Gasteiger partial charge in [-0.1, -0.05) is 17.7 Å². The summed E-state index contributed by atoms with van der Waals surface area (Å²) in [6, 6.07) is 9.02. The summed E-state index contributed by atoms with van der Waals surface area (Å²) in [6.07, 6.45) is 3.98. The van der Waals surface area contributed by atoms with Crippen LogP contribution in [-0.4, -0.2) is 16.8 Å². The maximum Gasteiger partial charge on any atom is 0.228 e. The lowest BCUT2D eigenvalue weighted by Gasteiger charge is -2.09. The Hall–Kier alpha value is -2.40. The zero-order chi connectivity index (χ0) is 17.1. The molecule has 1 heterocycles. The second-order valence-electron chi connectivity index (χ2n) is 5.98. The van der Waals surface area contributed by atoms with E-state index >= 15 is 0 Å². The van der Waals surface area contributed by atoms with Crippen molar-refractivity contribution in [2.75, 3.05) is 5.32 Å². The fourth-order valence-electron chi connectivity index (χ4n) is 2.59. The van der Waals surface area contributed by atoms with Gasteiger partial charge in [0, 0.05) is 29.6 Å². The van der Waals surface area contributed by atoms with Crippen LogP contribution in [0.5, 0.6) is 0 Å². The molecule has 2 amide bonds. The molecule has 2 unspecified atom stereocenters. The van der Waals surface area contributed by atoms with Gasteiger partial charge in [-0.25, -0.2) is 0 Å². The molecule has 3 rings (SSSR count). The molecule has 5 nitrogen and oxygen atoms in total. The third-order valence-corrected chi connectivity index (χ3v) is 4.33. The Morgan fingerprint density at radius 1 is 1.25 bits per heavy atom. The average Bonchev–Trinajstić information content (AvgIpc) is 3.37. The number of halogens is 1. The fraction of sp³-hybridized carbons (Fsp3) is 0.278. The molecule has 24 heavy (non-hydrogen) atoms. The number of aromatic nitrogens is 1. The lowest BCUT2D eigenvalue weighted by Crippen LogP contribution is -2.27. The van der Waals surface area contributed by atoms with Crippen LogP contribution in [0.2, 0.25) is 5.02 Å². The Labute approximate surface area is 145 Å². The second kappa shape index (κ2) is 7.01. The number of carbonyl (C=O) groups is 2. The van der Waals surface area contributed by atoms with Crippen LogP contribution in [0, 0.1) is 18.8 Å². The summed E-state index contributed by atoms with van der Waals surface area (Å²) in [5.74, 6) is -0.739. The van der Waals surface area contributed by atoms with Gasteiger partial charge in [-0.2, -0.15) is 0 Å². The molecular formula is C18H18ClN3O2. The second-order valence-corrected chi connectivity index (χ2v) is 6.41. The molecule has 0 radical (unpaired) electrons. The topological polar surface area (TPSA) is 71.1 Å². The summed E-state index contributed by atoms with van der Waals surface area (Å²) in [5, 5.41) is 6.35. The van der Waals surface area contributed by atoms with Gasteiger partial charge in [0.25, 0.3) is 0 Å². The normalized spacial score (nSPS) is 18.8. The van der Waals surface area contributed by atoms with Gasteiger partial charge < -0.3 is 10.6 Å². The number of rotatable bonds is 5. The lowest BCUT2D eigenvalue weighted by molar-refractivity contribution is -0.125. The molecular weight excluding hydrogens is 326 g/mol. The molecule has 2 aromatic rings. The van der Waals surface area contributed by atoms with E-state index < -0.39 is 0 Å². The van der Waals surface area contributed by atoms with Gasteiger partial charge in [-0.05, 0) is 48.7 Å². The molecule has 1 aromatic carbocycles. The first-order valence-electron chi connectivity index (χ1n) is 7.78. The summed E-state index contributed by atoms with van der Waals surface area (Å²) in [5.41, 5.74) is 2.56. The molecule has 6 heteroatoms. The molecule has 1 aliphatic carbocycles. The highest BCUT2D eigenvalue weighted by Gasteiger charge is 2.47. The van der Waals surface area contributed by atoms with Gasteiger partial charge in [-0.15, -0.1) is 0 Å². The largest absolute Gasteiger partial charge is 0.352 e. The standard InChI is InChI=1S/C18H18ClN3O2/c1-11-7-13(19)4-5-16(11)22-18(24)15-8-14(15)17(23)21-10-12-3-2-6-20-9-12/h2-7,9,14-15H,8,10H2,1H3,(H,21,23)(H,22,24). The molecule has 2 atom stereocenters.